The van der Waals surface area contributed by atoms with Gasteiger partial charge >= 0.3 is 0 Å². The Bertz CT molecular complexity index is 731. The number of aromatic nitrogens is 2. The number of nitrogens with two attached hydrogens (primary N) is 1. The predicted molar refractivity (Wildman–Crippen MR) is 90.4 cm³/mol. The number of rotatable bonds is 2. The van der Waals surface area contributed by atoms with Crippen LogP contribution in [0.4, 0.5) is 5.95 Å². The van der Waals surface area contributed by atoms with Gasteiger partial charge in [-0.3, -0.25) is 0 Å². The fourth-order valence-corrected chi connectivity index (χ4v) is 3.59. The van der Waals surface area contributed by atoms with Gasteiger partial charge in [-0.15, -0.1) is 0 Å². The lowest BCUT2D eigenvalue weighted by Crippen LogP contribution is -2.22. The van der Waals surface area contributed by atoms with Crippen LogP contribution < -0.4 is 15.8 Å². The van der Waals surface area contributed by atoms with Crippen LogP contribution >= 0.6 is 0 Å². The van der Waals surface area contributed by atoms with Gasteiger partial charge in [0.05, 0.1) is 5.69 Å². The zero-order valence-corrected chi connectivity index (χ0v) is 13.4. The molecule has 1 aromatic carbocycles. The van der Waals surface area contributed by atoms with Gasteiger partial charge < -0.3 is 15.8 Å². The van der Waals surface area contributed by atoms with Crippen molar-refractivity contribution < 1.29 is 4.74 Å². The second-order valence-electron chi connectivity index (χ2n) is 6.51. The fourth-order valence-electron chi connectivity index (χ4n) is 3.59. The van der Waals surface area contributed by atoms with E-state index in [2.05, 4.69) is 46.5 Å². The minimum absolute atomic E-state index is 0.155. The summed E-state index contributed by atoms with van der Waals surface area (Å²) in [5.74, 6) is 0.958. The lowest BCUT2D eigenvalue weighted by atomic mass is 10.0. The Labute approximate surface area is 136 Å². The first kappa shape index (κ1) is 14.5. The lowest BCUT2D eigenvalue weighted by Gasteiger charge is -2.17. The summed E-state index contributed by atoms with van der Waals surface area (Å²) in [5, 5.41) is 3.41. The van der Waals surface area contributed by atoms with Gasteiger partial charge in [-0.05, 0) is 31.7 Å². The molecule has 2 aliphatic rings. The summed E-state index contributed by atoms with van der Waals surface area (Å²) in [4.78, 5) is 8.94. The monoisotopic (exact) mass is 310 g/mol. The van der Waals surface area contributed by atoms with Gasteiger partial charge in [0, 0.05) is 30.1 Å². The van der Waals surface area contributed by atoms with Crippen molar-refractivity contribution in [1.82, 2.24) is 15.3 Å². The quantitative estimate of drug-likeness (QED) is 0.891. The molecule has 0 saturated carbocycles. The molecule has 0 unspecified atom stereocenters. The molecule has 3 N–H and O–H groups in total. The highest BCUT2D eigenvalue weighted by molar-refractivity contribution is 5.70. The van der Waals surface area contributed by atoms with Crippen molar-refractivity contribution in [2.75, 3.05) is 12.3 Å². The third-order valence-corrected chi connectivity index (χ3v) is 4.72. The maximum atomic E-state index is 6.20. The molecule has 2 heterocycles. The molecular weight excluding hydrogens is 288 g/mol. The van der Waals surface area contributed by atoms with Gasteiger partial charge in [0.1, 0.15) is 6.10 Å². The van der Waals surface area contributed by atoms with E-state index in [-0.39, 0.29) is 12.1 Å². The molecule has 4 rings (SSSR count). The number of nitrogen functional groups attached to an aromatic ring is 1. The van der Waals surface area contributed by atoms with Gasteiger partial charge in [-0.25, -0.2) is 4.98 Å². The van der Waals surface area contributed by atoms with Crippen molar-refractivity contribution in [3.8, 4) is 17.1 Å². The van der Waals surface area contributed by atoms with E-state index in [1.165, 1.54) is 5.56 Å². The maximum Gasteiger partial charge on any atom is 0.223 e. The number of hydrogen-bond donors (Lipinski definition) is 2. The van der Waals surface area contributed by atoms with E-state index >= 15 is 0 Å². The summed E-state index contributed by atoms with van der Waals surface area (Å²) in [7, 11) is 0. The average Bonchev–Trinajstić information content (AvgIpc) is 2.85. The van der Waals surface area contributed by atoms with Crippen molar-refractivity contribution in [1.29, 1.82) is 0 Å². The molecule has 120 valence electrons. The molecule has 5 heteroatoms. The van der Waals surface area contributed by atoms with Crippen LogP contribution in [-0.4, -0.2) is 28.7 Å². The van der Waals surface area contributed by atoms with E-state index < -0.39 is 0 Å². The lowest BCUT2D eigenvalue weighted by molar-refractivity contribution is 0.209. The van der Waals surface area contributed by atoms with Crippen molar-refractivity contribution in [2.45, 2.75) is 44.8 Å². The van der Waals surface area contributed by atoms with Crippen LogP contribution in [0, 0.1) is 0 Å². The van der Waals surface area contributed by atoms with Crippen molar-refractivity contribution in [3.05, 3.63) is 35.4 Å². The number of nitrogens with zero attached hydrogens (tertiary/aromatic N) is 2. The summed E-state index contributed by atoms with van der Waals surface area (Å²) < 4.78 is 6.20. The number of anilines is 1. The number of hydrogen-bond acceptors (Lipinski definition) is 5. The van der Waals surface area contributed by atoms with Crippen LogP contribution in [0.15, 0.2) is 24.3 Å². The normalized spacial score (nSPS) is 23.0. The first-order valence-electron chi connectivity index (χ1n) is 8.35. The first-order valence-corrected chi connectivity index (χ1v) is 8.35. The average molecular weight is 310 g/mol. The van der Waals surface area contributed by atoms with Crippen LogP contribution in [0.3, 0.4) is 0 Å². The topological polar surface area (TPSA) is 73.1 Å². The molecule has 2 atom stereocenters. The summed E-state index contributed by atoms with van der Waals surface area (Å²) in [5.41, 5.74) is 10.5. The second kappa shape index (κ2) is 5.81. The third kappa shape index (κ3) is 2.77. The largest absolute Gasteiger partial charge is 0.473 e. The third-order valence-electron chi connectivity index (χ3n) is 4.72. The first-order chi connectivity index (χ1) is 11.2. The molecule has 5 nitrogen and oxygen atoms in total. The molecule has 0 bridgehead atoms. The molecule has 23 heavy (non-hydrogen) atoms. The van der Waals surface area contributed by atoms with Crippen LogP contribution in [-0.2, 0) is 12.8 Å². The molecular formula is C18H22N4O. The Morgan fingerprint density at radius 3 is 2.91 bits per heavy atom. The molecule has 2 aromatic rings. The maximum absolute atomic E-state index is 6.20. The van der Waals surface area contributed by atoms with Crippen LogP contribution in [0.2, 0.25) is 0 Å². The molecule has 0 spiro atoms. The van der Waals surface area contributed by atoms with E-state index in [1.54, 1.807) is 0 Å². The summed E-state index contributed by atoms with van der Waals surface area (Å²) in [6.45, 7) is 3.03. The molecule has 1 saturated heterocycles. The predicted octanol–water partition coefficient (Wildman–Crippen LogP) is 2.34. The number of ether oxygens (including phenoxy) is 1. The van der Waals surface area contributed by atoms with Gasteiger partial charge in [0.15, 0.2) is 0 Å². The highest BCUT2D eigenvalue weighted by Crippen LogP contribution is 2.36. The number of fused-ring (bicyclic) bond motifs is 3. The summed E-state index contributed by atoms with van der Waals surface area (Å²) in [6, 6.07) is 8.91. The van der Waals surface area contributed by atoms with Gasteiger partial charge in [0.25, 0.3) is 0 Å². The Hall–Kier alpha value is -2.14. The smallest absolute Gasteiger partial charge is 0.223 e. The highest BCUT2D eigenvalue weighted by Gasteiger charge is 2.26. The number of nitrogens with one attached hydrogen (secondary N) is 1. The van der Waals surface area contributed by atoms with Gasteiger partial charge in [-0.2, -0.15) is 4.98 Å². The van der Waals surface area contributed by atoms with E-state index in [4.69, 9.17) is 10.5 Å². The minimum atomic E-state index is 0.155. The molecule has 0 amide bonds. The molecule has 0 radical (unpaired) electrons. The summed E-state index contributed by atoms with van der Waals surface area (Å²) in [6.07, 6.45) is 4.20. The van der Waals surface area contributed by atoms with E-state index in [1.807, 2.05) is 0 Å². The van der Waals surface area contributed by atoms with Gasteiger partial charge in [-0.1, -0.05) is 24.3 Å². The van der Waals surface area contributed by atoms with Crippen LogP contribution in [0.1, 0.15) is 30.9 Å². The van der Waals surface area contributed by atoms with Crippen molar-refractivity contribution in [2.24, 2.45) is 0 Å². The molecule has 1 aliphatic heterocycles. The summed E-state index contributed by atoms with van der Waals surface area (Å²) >= 11 is 0. The second-order valence-corrected chi connectivity index (χ2v) is 6.51. The van der Waals surface area contributed by atoms with Crippen molar-refractivity contribution >= 4 is 5.95 Å². The fraction of sp³-hybridized carbons (Fsp3) is 0.444. The Morgan fingerprint density at radius 1 is 1.22 bits per heavy atom. The number of benzene rings is 1. The molecule has 1 aliphatic carbocycles. The highest BCUT2D eigenvalue weighted by atomic mass is 16.5. The van der Waals surface area contributed by atoms with E-state index in [0.717, 1.165) is 49.0 Å². The Balaban J connectivity index is 1.76. The van der Waals surface area contributed by atoms with Gasteiger partial charge in [0.2, 0.25) is 11.8 Å². The zero-order chi connectivity index (χ0) is 15.8. The van der Waals surface area contributed by atoms with E-state index in [0.29, 0.717) is 11.9 Å². The number of aryl methyl sites for hydroxylation is 1. The van der Waals surface area contributed by atoms with Crippen LogP contribution in [0.25, 0.3) is 11.3 Å². The SMILES string of the molecule is C[C@@H]1C[C@H](Oc2nc(N)nc3c2CCCc2ccccc2-3)CN1. The minimum Gasteiger partial charge on any atom is -0.473 e. The van der Waals surface area contributed by atoms with Crippen molar-refractivity contribution in [3.63, 3.8) is 0 Å². The Morgan fingerprint density at radius 2 is 2.09 bits per heavy atom. The zero-order valence-electron chi connectivity index (χ0n) is 13.4. The van der Waals surface area contributed by atoms with E-state index in [9.17, 15) is 0 Å². The van der Waals surface area contributed by atoms with Crippen LogP contribution in [0.5, 0.6) is 5.88 Å². The Kier molecular flexibility index (Phi) is 3.65. The molecule has 1 aromatic heterocycles. The molecule has 1 fully saturated rings. The standard InChI is InChI=1S/C18H22N4O/c1-11-9-13(10-20-11)23-17-15-8-4-6-12-5-2-3-7-14(12)16(15)21-18(19)22-17/h2-3,5,7,11,13,20H,4,6,8-10H2,1H3,(H2,19,21,22)/t11-,13+/m1/s1.